The van der Waals surface area contributed by atoms with E-state index in [2.05, 4.69) is 282 Å². The molecule has 3 heterocycles. The lowest BCUT2D eigenvalue weighted by molar-refractivity contribution is 0.954. The fourth-order valence-corrected chi connectivity index (χ4v) is 13.4. The summed E-state index contributed by atoms with van der Waals surface area (Å²) in [5.74, 6) is 1.76. The van der Waals surface area contributed by atoms with Crippen molar-refractivity contribution in [2.24, 2.45) is 0 Å². The van der Waals surface area contributed by atoms with Gasteiger partial charge in [0.05, 0.1) is 22.1 Å². The number of fused-ring (bicyclic) bond motifs is 15. The number of nitrogens with zero attached hydrogens (tertiary/aromatic N) is 5. The number of aromatic nitrogens is 5. The summed E-state index contributed by atoms with van der Waals surface area (Å²) in [5.41, 5.74) is 25.9. The maximum atomic E-state index is 5.46. The minimum absolute atomic E-state index is 0.547. The average Bonchev–Trinajstić information content (AvgIpc) is 1.98. The Morgan fingerprint density at radius 2 is 0.616 bits per heavy atom. The minimum atomic E-state index is 0.547. The van der Waals surface area contributed by atoms with Gasteiger partial charge in [-0.1, -0.05) is 249 Å². The van der Waals surface area contributed by atoms with E-state index in [0.29, 0.717) is 17.6 Å². The van der Waals surface area contributed by atoms with Crippen molar-refractivity contribution >= 4 is 43.6 Å². The van der Waals surface area contributed by atoms with Gasteiger partial charge in [0.1, 0.15) is 0 Å². The zero-order valence-electron chi connectivity index (χ0n) is 46.7. The molecule has 17 rings (SSSR count). The molecule has 0 atom stereocenters. The van der Waals surface area contributed by atoms with Gasteiger partial charge in [0.25, 0.3) is 0 Å². The van der Waals surface area contributed by atoms with Gasteiger partial charge in [-0.2, -0.15) is 9.97 Å². The van der Waals surface area contributed by atoms with Gasteiger partial charge in [-0.15, -0.1) is 0 Å². The second-order valence-electron chi connectivity index (χ2n) is 22.3. The van der Waals surface area contributed by atoms with Crippen molar-refractivity contribution in [2.45, 2.75) is 0 Å². The van der Waals surface area contributed by atoms with Crippen molar-refractivity contribution in [2.75, 3.05) is 0 Å². The molecule has 0 amide bonds. The molecule has 0 saturated heterocycles. The summed E-state index contributed by atoms with van der Waals surface area (Å²) < 4.78 is 4.74. The molecule has 1 aliphatic rings. The molecular formula is C81H51N5. The van der Waals surface area contributed by atoms with Gasteiger partial charge in [-0.25, -0.2) is 4.98 Å². The van der Waals surface area contributed by atoms with Gasteiger partial charge in [0, 0.05) is 43.9 Å². The van der Waals surface area contributed by atoms with Crippen LogP contribution in [0.25, 0.3) is 167 Å². The van der Waals surface area contributed by atoms with E-state index in [1.165, 1.54) is 66.4 Å². The molecule has 86 heavy (non-hydrogen) atoms. The van der Waals surface area contributed by atoms with E-state index in [1.807, 2.05) is 36.4 Å². The Bertz CT molecular complexity index is 5210. The predicted octanol–water partition coefficient (Wildman–Crippen LogP) is 21.0. The van der Waals surface area contributed by atoms with Crippen molar-refractivity contribution in [1.82, 2.24) is 24.1 Å². The molecule has 0 radical (unpaired) electrons. The second kappa shape index (κ2) is 20.1. The molecular weight excluding hydrogens is 1040 g/mol. The highest BCUT2D eigenvalue weighted by Crippen LogP contribution is 2.52. The van der Waals surface area contributed by atoms with E-state index in [0.717, 1.165) is 83.0 Å². The summed E-state index contributed by atoms with van der Waals surface area (Å²) in [6, 6.07) is 112. The molecule has 0 unspecified atom stereocenters. The highest BCUT2D eigenvalue weighted by atomic mass is 15.2. The summed E-state index contributed by atoms with van der Waals surface area (Å²) in [4.78, 5) is 16.1. The summed E-state index contributed by atoms with van der Waals surface area (Å²) in [6.07, 6.45) is 0. The van der Waals surface area contributed by atoms with Gasteiger partial charge < -0.3 is 4.57 Å². The van der Waals surface area contributed by atoms with E-state index >= 15 is 0 Å². The third-order valence-electron chi connectivity index (χ3n) is 17.3. The van der Waals surface area contributed by atoms with Crippen molar-refractivity contribution in [3.63, 3.8) is 0 Å². The Labute approximate surface area is 497 Å². The standard InChI is InChI=1S/C81H51N5/c1-5-22-52(23-6-1)59-46-60(53-24-7-2-8-25-53)48-61(47-59)56-30-21-31-62(49-56)85-74-39-20-19-37-68(74)72-50-57(40-44-75(72)85)58-41-45-76-73(51-58)71-43-42-70-67-36-16-15-34-65(67)63-32-13-14-33-64(63)66-35-17-18-38-69(66)77(70)78(71)86(76)81-83-79(54-26-9-3-10-27-54)82-80(84-81)55-28-11-4-12-29-55/h1-51H. The molecule has 5 heteroatoms. The molecule has 13 aromatic carbocycles. The lowest BCUT2D eigenvalue weighted by Gasteiger charge is -2.24. The maximum Gasteiger partial charge on any atom is 0.238 e. The Morgan fingerprint density at radius 1 is 0.209 bits per heavy atom. The lowest BCUT2D eigenvalue weighted by Crippen LogP contribution is -2.07. The lowest BCUT2D eigenvalue weighted by atomic mass is 9.80. The van der Waals surface area contributed by atoms with Crippen LogP contribution in [0.15, 0.2) is 309 Å². The largest absolute Gasteiger partial charge is 0.309 e. The van der Waals surface area contributed by atoms with Gasteiger partial charge in [-0.05, 0) is 144 Å². The maximum absolute atomic E-state index is 5.46. The SMILES string of the molecule is c1ccc(-c2cc(-c3ccccc3)cc(-c3cccc(-n4c5ccccc5c5cc(-c6ccc7c(c6)c6ccc8c(c6n7-c6nc(-c7ccccc7)nc(-c7ccccc7)n6)-c6ccccc6-c6ccccc6-c6ccccc6-8)ccc54)c3)c2)cc1. The minimum Gasteiger partial charge on any atom is -0.309 e. The smallest absolute Gasteiger partial charge is 0.238 e. The molecule has 0 N–H and O–H groups in total. The quantitative estimate of drug-likeness (QED) is 0.152. The molecule has 0 saturated carbocycles. The highest BCUT2D eigenvalue weighted by Gasteiger charge is 2.28. The zero-order valence-corrected chi connectivity index (χ0v) is 46.7. The Balaban J connectivity index is 0.875. The molecule has 3 aromatic heterocycles. The fourth-order valence-electron chi connectivity index (χ4n) is 13.4. The van der Waals surface area contributed by atoms with Crippen LogP contribution in [-0.4, -0.2) is 24.1 Å². The van der Waals surface area contributed by atoms with Crippen LogP contribution >= 0.6 is 0 Å². The molecule has 400 valence electrons. The summed E-state index contributed by atoms with van der Waals surface area (Å²) in [7, 11) is 0. The molecule has 0 aliphatic heterocycles. The summed E-state index contributed by atoms with van der Waals surface area (Å²) in [5, 5.41) is 4.59. The van der Waals surface area contributed by atoms with Crippen LogP contribution in [0.2, 0.25) is 0 Å². The van der Waals surface area contributed by atoms with Crippen LogP contribution in [0.4, 0.5) is 0 Å². The predicted molar refractivity (Wildman–Crippen MR) is 356 cm³/mol. The van der Waals surface area contributed by atoms with Crippen molar-refractivity contribution in [3.8, 4) is 123 Å². The first kappa shape index (κ1) is 49.1. The van der Waals surface area contributed by atoms with Gasteiger partial charge in [-0.3, -0.25) is 4.57 Å². The van der Waals surface area contributed by atoms with Gasteiger partial charge >= 0.3 is 0 Å². The second-order valence-corrected chi connectivity index (χ2v) is 22.3. The first-order valence-corrected chi connectivity index (χ1v) is 29.3. The van der Waals surface area contributed by atoms with E-state index in [9.17, 15) is 0 Å². The van der Waals surface area contributed by atoms with Crippen LogP contribution in [0, 0.1) is 0 Å². The molecule has 0 spiro atoms. The molecule has 0 fully saturated rings. The normalized spacial score (nSPS) is 11.7. The van der Waals surface area contributed by atoms with E-state index in [4.69, 9.17) is 15.0 Å². The van der Waals surface area contributed by atoms with E-state index < -0.39 is 0 Å². The number of benzene rings is 13. The summed E-state index contributed by atoms with van der Waals surface area (Å²) in [6.45, 7) is 0. The van der Waals surface area contributed by atoms with Crippen LogP contribution in [-0.2, 0) is 0 Å². The summed E-state index contributed by atoms with van der Waals surface area (Å²) >= 11 is 0. The van der Waals surface area contributed by atoms with E-state index in [1.54, 1.807) is 0 Å². The highest BCUT2D eigenvalue weighted by molar-refractivity contribution is 6.20. The molecule has 0 bridgehead atoms. The molecule has 5 nitrogen and oxygen atoms in total. The number of hydrogen-bond acceptors (Lipinski definition) is 3. The van der Waals surface area contributed by atoms with Gasteiger partial charge in [0.15, 0.2) is 11.6 Å². The van der Waals surface area contributed by atoms with Crippen LogP contribution in [0.3, 0.4) is 0 Å². The van der Waals surface area contributed by atoms with Crippen molar-refractivity contribution in [1.29, 1.82) is 0 Å². The van der Waals surface area contributed by atoms with Crippen molar-refractivity contribution in [3.05, 3.63) is 309 Å². The molecule has 16 aromatic rings. The molecule has 1 aliphatic carbocycles. The van der Waals surface area contributed by atoms with Crippen molar-refractivity contribution < 1.29 is 0 Å². The van der Waals surface area contributed by atoms with Gasteiger partial charge in [0.2, 0.25) is 5.95 Å². The van der Waals surface area contributed by atoms with Crippen LogP contribution < -0.4 is 0 Å². The Hall–Kier alpha value is -11.5. The van der Waals surface area contributed by atoms with Crippen LogP contribution in [0.1, 0.15) is 0 Å². The number of hydrogen-bond donors (Lipinski definition) is 0. The zero-order chi connectivity index (χ0) is 56.7. The van der Waals surface area contributed by atoms with E-state index in [-0.39, 0.29) is 0 Å². The number of para-hydroxylation sites is 1. The topological polar surface area (TPSA) is 48.5 Å². The number of rotatable bonds is 8. The van der Waals surface area contributed by atoms with Crippen LogP contribution in [0.5, 0.6) is 0 Å². The third kappa shape index (κ3) is 8.12. The fraction of sp³-hybridized carbons (Fsp3) is 0. The monoisotopic (exact) mass is 1090 g/mol. The third-order valence-corrected chi connectivity index (χ3v) is 17.3. The first-order chi connectivity index (χ1) is 42.6. The Morgan fingerprint density at radius 3 is 1.17 bits per heavy atom. The average molecular weight is 1090 g/mol. The Kier molecular flexibility index (Phi) is 11.5. The first-order valence-electron chi connectivity index (χ1n) is 29.3.